The average molecular weight is 262 g/mol. The van der Waals surface area contributed by atoms with Crippen molar-refractivity contribution in [3.8, 4) is 0 Å². The van der Waals surface area contributed by atoms with E-state index in [9.17, 15) is 0 Å². The van der Waals surface area contributed by atoms with Gasteiger partial charge in [-0.2, -0.15) is 0 Å². The minimum absolute atomic E-state index is 0.381. The van der Waals surface area contributed by atoms with Crippen LogP contribution < -0.4 is 4.90 Å². The van der Waals surface area contributed by atoms with Gasteiger partial charge in [-0.25, -0.2) is 4.98 Å². The summed E-state index contributed by atoms with van der Waals surface area (Å²) in [6.45, 7) is 5.01. The fraction of sp³-hybridized carbons (Fsp3) is 0.286. The van der Waals surface area contributed by atoms with Crippen molar-refractivity contribution in [1.29, 1.82) is 0 Å². The summed E-state index contributed by atoms with van der Waals surface area (Å²) in [5, 5.41) is 0. The predicted octanol–water partition coefficient (Wildman–Crippen LogP) is 3.68. The molecular weight excluding hydrogens is 246 g/mol. The number of aryl methyl sites for hydroxylation is 1. The van der Waals surface area contributed by atoms with Crippen molar-refractivity contribution >= 4 is 23.1 Å². The highest BCUT2D eigenvalue weighted by molar-refractivity contribution is 6.16. The Bertz CT molecular complexity index is 511. The molecule has 1 heterocycles. The number of hydrogen-bond acceptors (Lipinski definition) is 3. The molecule has 18 heavy (non-hydrogen) atoms. The van der Waals surface area contributed by atoms with Crippen LogP contribution in [0.4, 0.5) is 11.5 Å². The van der Waals surface area contributed by atoms with Crippen LogP contribution in [0.25, 0.3) is 0 Å². The number of anilines is 2. The normalized spacial score (nSPS) is 10.4. The van der Waals surface area contributed by atoms with Crippen molar-refractivity contribution in [2.24, 2.45) is 0 Å². The summed E-state index contributed by atoms with van der Waals surface area (Å²) in [7, 11) is 0. The van der Waals surface area contributed by atoms with Crippen LogP contribution in [0, 0.1) is 6.92 Å². The molecular formula is C14H16ClN3. The molecule has 1 aromatic heterocycles. The van der Waals surface area contributed by atoms with Crippen molar-refractivity contribution in [2.75, 3.05) is 11.4 Å². The molecule has 0 atom stereocenters. The Kier molecular flexibility index (Phi) is 4.15. The Morgan fingerprint density at radius 1 is 1.17 bits per heavy atom. The second-order valence-electron chi connectivity index (χ2n) is 4.08. The molecule has 2 rings (SSSR count). The Morgan fingerprint density at radius 2 is 1.89 bits per heavy atom. The molecule has 3 nitrogen and oxygen atoms in total. The lowest BCUT2D eigenvalue weighted by Crippen LogP contribution is -2.18. The van der Waals surface area contributed by atoms with Crippen LogP contribution in [-0.4, -0.2) is 16.5 Å². The molecule has 0 aliphatic rings. The van der Waals surface area contributed by atoms with Crippen molar-refractivity contribution in [3.63, 3.8) is 0 Å². The largest absolute Gasteiger partial charge is 0.325 e. The van der Waals surface area contributed by atoms with Gasteiger partial charge in [-0.3, -0.25) is 4.98 Å². The van der Waals surface area contributed by atoms with Crippen molar-refractivity contribution in [3.05, 3.63) is 47.9 Å². The highest BCUT2D eigenvalue weighted by Gasteiger charge is 2.09. The summed E-state index contributed by atoms with van der Waals surface area (Å²) in [5.74, 6) is 1.21. The SMILES string of the molecule is CCN(c1ccc(C)cc1)c1cncc(CCl)n1. The lowest BCUT2D eigenvalue weighted by atomic mass is 10.2. The molecule has 4 heteroatoms. The van der Waals surface area contributed by atoms with E-state index in [2.05, 4.69) is 53.0 Å². The van der Waals surface area contributed by atoms with Crippen LogP contribution in [0.2, 0.25) is 0 Å². The van der Waals surface area contributed by atoms with E-state index in [1.165, 1.54) is 5.56 Å². The number of alkyl halides is 1. The third-order valence-electron chi connectivity index (χ3n) is 2.75. The first-order chi connectivity index (χ1) is 8.74. The average Bonchev–Trinajstić information content (AvgIpc) is 2.42. The van der Waals surface area contributed by atoms with Gasteiger partial charge in [-0.15, -0.1) is 11.6 Å². The fourth-order valence-corrected chi connectivity index (χ4v) is 1.92. The number of nitrogens with zero attached hydrogens (tertiary/aromatic N) is 3. The number of benzene rings is 1. The van der Waals surface area contributed by atoms with E-state index < -0.39 is 0 Å². The highest BCUT2D eigenvalue weighted by Crippen LogP contribution is 2.23. The lowest BCUT2D eigenvalue weighted by molar-refractivity contribution is 0.957. The summed E-state index contributed by atoms with van der Waals surface area (Å²) in [5.41, 5.74) is 3.15. The minimum atomic E-state index is 0.381. The van der Waals surface area contributed by atoms with Gasteiger partial charge in [0.1, 0.15) is 0 Å². The topological polar surface area (TPSA) is 29.0 Å². The zero-order chi connectivity index (χ0) is 13.0. The van der Waals surface area contributed by atoms with Crippen LogP contribution in [0.1, 0.15) is 18.2 Å². The van der Waals surface area contributed by atoms with Gasteiger partial charge in [0, 0.05) is 18.4 Å². The van der Waals surface area contributed by atoms with E-state index in [-0.39, 0.29) is 0 Å². The molecule has 0 saturated carbocycles. The van der Waals surface area contributed by atoms with E-state index in [4.69, 9.17) is 11.6 Å². The summed E-state index contributed by atoms with van der Waals surface area (Å²) < 4.78 is 0. The Morgan fingerprint density at radius 3 is 2.50 bits per heavy atom. The molecule has 0 unspecified atom stereocenters. The maximum atomic E-state index is 5.79. The molecule has 0 N–H and O–H groups in total. The van der Waals surface area contributed by atoms with Crippen LogP contribution in [0.5, 0.6) is 0 Å². The lowest BCUT2D eigenvalue weighted by Gasteiger charge is -2.22. The summed E-state index contributed by atoms with van der Waals surface area (Å²) in [6.07, 6.45) is 3.46. The molecule has 0 fully saturated rings. The van der Waals surface area contributed by atoms with E-state index in [0.29, 0.717) is 5.88 Å². The maximum Gasteiger partial charge on any atom is 0.151 e. The highest BCUT2D eigenvalue weighted by atomic mass is 35.5. The Hall–Kier alpha value is -1.61. The molecule has 0 aliphatic carbocycles. The van der Waals surface area contributed by atoms with Gasteiger partial charge in [-0.1, -0.05) is 17.7 Å². The van der Waals surface area contributed by atoms with Gasteiger partial charge < -0.3 is 4.90 Å². The molecule has 0 radical (unpaired) electrons. The minimum Gasteiger partial charge on any atom is -0.325 e. The van der Waals surface area contributed by atoms with Gasteiger partial charge in [0.2, 0.25) is 0 Å². The van der Waals surface area contributed by atoms with Gasteiger partial charge >= 0.3 is 0 Å². The molecule has 1 aromatic carbocycles. The summed E-state index contributed by atoms with van der Waals surface area (Å²) in [6, 6.07) is 8.37. The first kappa shape index (κ1) is 12.8. The first-order valence-electron chi connectivity index (χ1n) is 5.95. The maximum absolute atomic E-state index is 5.79. The van der Waals surface area contributed by atoms with E-state index >= 15 is 0 Å². The van der Waals surface area contributed by atoms with Crippen molar-refractivity contribution < 1.29 is 0 Å². The number of rotatable bonds is 4. The molecule has 0 aliphatic heterocycles. The second-order valence-corrected chi connectivity index (χ2v) is 4.35. The van der Waals surface area contributed by atoms with Crippen molar-refractivity contribution in [1.82, 2.24) is 9.97 Å². The second kappa shape index (κ2) is 5.83. The molecule has 94 valence electrons. The first-order valence-corrected chi connectivity index (χ1v) is 6.49. The van der Waals surface area contributed by atoms with Gasteiger partial charge in [0.05, 0.1) is 17.8 Å². The van der Waals surface area contributed by atoms with Crippen molar-refractivity contribution in [2.45, 2.75) is 19.7 Å². The quantitative estimate of drug-likeness (QED) is 0.786. The predicted molar refractivity (Wildman–Crippen MR) is 75.4 cm³/mol. The number of halogens is 1. The van der Waals surface area contributed by atoms with Gasteiger partial charge in [0.15, 0.2) is 5.82 Å². The van der Waals surface area contributed by atoms with E-state index in [1.54, 1.807) is 12.4 Å². The van der Waals surface area contributed by atoms with Crippen LogP contribution >= 0.6 is 11.6 Å². The van der Waals surface area contributed by atoms with E-state index in [0.717, 1.165) is 23.7 Å². The molecule has 0 bridgehead atoms. The van der Waals surface area contributed by atoms with Crippen LogP contribution in [0.3, 0.4) is 0 Å². The zero-order valence-corrected chi connectivity index (χ0v) is 11.4. The molecule has 0 saturated heterocycles. The molecule has 0 amide bonds. The van der Waals surface area contributed by atoms with E-state index in [1.807, 2.05) is 0 Å². The van der Waals surface area contributed by atoms with Gasteiger partial charge in [0.25, 0.3) is 0 Å². The van der Waals surface area contributed by atoms with Crippen LogP contribution in [0.15, 0.2) is 36.7 Å². The summed E-state index contributed by atoms with van der Waals surface area (Å²) >= 11 is 5.79. The Balaban J connectivity index is 2.35. The Labute approximate surface area is 112 Å². The van der Waals surface area contributed by atoms with Crippen LogP contribution in [-0.2, 0) is 5.88 Å². The summed E-state index contributed by atoms with van der Waals surface area (Å²) in [4.78, 5) is 10.8. The molecule has 2 aromatic rings. The number of hydrogen-bond donors (Lipinski definition) is 0. The van der Waals surface area contributed by atoms with Gasteiger partial charge in [-0.05, 0) is 26.0 Å². The standard InChI is InChI=1S/C14H16ClN3/c1-3-18(13-6-4-11(2)5-7-13)14-10-16-9-12(8-15)17-14/h4-7,9-10H,3,8H2,1-2H3. The zero-order valence-electron chi connectivity index (χ0n) is 10.6. The monoisotopic (exact) mass is 261 g/mol. The third kappa shape index (κ3) is 2.79. The fourth-order valence-electron chi connectivity index (χ4n) is 1.79. The third-order valence-corrected chi connectivity index (χ3v) is 3.02. The molecule has 0 spiro atoms. The number of aromatic nitrogens is 2. The smallest absolute Gasteiger partial charge is 0.151 e.